The molecule has 0 saturated carbocycles. The molecular weight excluding hydrogens is 324 g/mol. The van der Waals surface area contributed by atoms with Crippen LogP contribution in [0.5, 0.6) is 0 Å². The van der Waals surface area contributed by atoms with E-state index in [0.29, 0.717) is 25.4 Å². The molecule has 4 heteroatoms. The summed E-state index contributed by atoms with van der Waals surface area (Å²) in [6.45, 7) is 6.88. The van der Waals surface area contributed by atoms with Gasteiger partial charge in [-0.15, -0.1) is 0 Å². The second-order valence-electron chi connectivity index (χ2n) is 6.91. The highest BCUT2D eigenvalue weighted by Crippen LogP contribution is 2.17. The summed E-state index contributed by atoms with van der Waals surface area (Å²) in [5.41, 5.74) is 3.30. The van der Waals surface area contributed by atoms with Crippen molar-refractivity contribution >= 4 is 5.97 Å². The van der Waals surface area contributed by atoms with Crippen molar-refractivity contribution in [3.8, 4) is 11.4 Å². The van der Waals surface area contributed by atoms with Crippen molar-refractivity contribution in [1.82, 2.24) is 9.97 Å². The Balaban J connectivity index is 1.85. The summed E-state index contributed by atoms with van der Waals surface area (Å²) in [6, 6.07) is 8.10. The molecule has 0 amide bonds. The van der Waals surface area contributed by atoms with Crippen molar-refractivity contribution in [2.24, 2.45) is 5.92 Å². The number of esters is 1. The van der Waals surface area contributed by atoms with Gasteiger partial charge >= 0.3 is 5.97 Å². The molecular formula is C22H30N2O2. The van der Waals surface area contributed by atoms with E-state index >= 15 is 0 Å². The van der Waals surface area contributed by atoms with Gasteiger partial charge in [0.1, 0.15) is 0 Å². The van der Waals surface area contributed by atoms with Gasteiger partial charge in [-0.1, -0.05) is 57.9 Å². The SMILES string of the molecule is CCCCc1cnc(-c2ccc(CCC(=O)OC[C@H](C)CC)cc2)nc1. The van der Waals surface area contributed by atoms with E-state index in [2.05, 4.69) is 30.7 Å². The molecule has 26 heavy (non-hydrogen) atoms. The molecule has 1 aromatic carbocycles. The average molecular weight is 354 g/mol. The van der Waals surface area contributed by atoms with Crippen LogP contribution in [0.4, 0.5) is 0 Å². The predicted molar refractivity (Wildman–Crippen MR) is 105 cm³/mol. The number of carbonyl (C=O) groups excluding carboxylic acids is 1. The van der Waals surface area contributed by atoms with Gasteiger partial charge in [0.25, 0.3) is 0 Å². The highest BCUT2D eigenvalue weighted by atomic mass is 16.5. The number of aromatic nitrogens is 2. The number of hydrogen-bond donors (Lipinski definition) is 0. The zero-order valence-corrected chi connectivity index (χ0v) is 16.2. The van der Waals surface area contributed by atoms with Gasteiger partial charge in [0, 0.05) is 24.4 Å². The second-order valence-corrected chi connectivity index (χ2v) is 6.91. The van der Waals surface area contributed by atoms with Crippen LogP contribution < -0.4 is 0 Å². The minimum absolute atomic E-state index is 0.125. The summed E-state index contributed by atoms with van der Waals surface area (Å²) in [4.78, 5) is 20.7. The first kappa shape index (κ1) is 20.1. The maximum Gasteiger partial charge on any atom is 0.306 e. The Labute approximate surface area is 157 Å². The van der Waals surface area contributed by atoms with Gasteiger partial charge in [0.15, 0.2) is 5.82 Å². The molecule has 0 spiro atoms. The van der Waals surface area contributed by atoms with Gasteiger partial charge in [-0.2, -0.15) is 0 Å². The van der Waals surface area contributed by atoms with E-state index in [-0.39, 0.29) is 5.97 Å². The van der Waals surface area contributed by atoms with Crippen molar-refractivity contribution in [2.75, 3.05) is 6.61 Å². The monoisotopic (exact) mass is 354 g/mol. The van der Waals surface area contributed by atoms with Crippen LogP contribution in [0.2, 0.25) is 0 Å². The predicted octanol–water partition coefficient (Wildman–Crippen LogP) is 5.01. The quantitative estimate of drug-likeness (QED) is 0.563. The third-order valence-electron chi connectivity index (χ3n) is 4.58. The Morgan fingerprint density at radius 2 is 1.73 bits per heavy atom. The molecule has 2 aromatic rings. The Hall–Kier alpha value is -2.23. The maximum absolute atomic E-state index is 11.8. The molecule has 0 bridgehead atoms. The fourth-order valence-corrected chi connectivity index (χ4v) is 2.51. The summed E-state index contributed by atoms with van der Waals surface area (Å²) in [5, 5.41) is 0. The molecule has 4 nitrogen and oxygen atoms in total. The Kier molecular flexibility index (Phi) is 8.26. The molecule has 0 unspecified atom stereocenters. The lowest BCUT2D eigenvalue weighted by Gasteiger charge is -2.09. The average Bonchev–Trinajstić information content (AvgIpc) is 2.69. The molecule has 0 aliphatic rings. The number of carbonyl (C=O) groups is 1. The number of hydrogen-bond acceptors (Lipinski definition) is 4. The van der Waals surface area contributed by atoms with Gasteiger partial charge in [-0.3, -0.25) is 4.79 Å². The second kappa shape index (κ2) is 10.7. The van der Waals surface area contributed by atoms with Gasteiger partial charge in [-0.25, -0.2) is 9.97 Å². The Bertz CT molecular complexity index is 666. The van der Waals surface area contributed by atoms with Crippen LogP contribution in [0.25, 0.3) is 11.4 Å². The number of unbranched alkanes of at least 4 members (excludes halogenated alkanes) is 1. The van der Waals surface area contributed by atoms with Crippen molar-refractivity contribution in [3.05, 3.63) is 47.8 Å². The van der Waals surface area contributed by atoms with Crippen LogP contribution in [0, 0.1) is 5.92 Å². The first-order valence-electron chi connectivity index (χ1n) is 9.68. The van der Waals surface area contributed by atoms with Crippen LogP contribution in [0.15, 0.2) is 36.7 Å². The Morgan fingerprint density at radius 1 is 1.04 bits per heavy atom. The molecule has 0 fully saturated rings. The van der Waals surface area contributed by atoms with Crippen LogP contribution in [0.1, 0.15) is 57.6 Å². The summed E-state index contributed by atoms with van der Waals surface area (Å²) >= 11 is 0. The first-order chi connectivity index (χ1) is 12.6. The molecule has 2 rings (SSSR count). The zero-order valence-electron chi connectivity index (χ0n) is 16.2. The van der Waals surface area contributed by atoms with Crippen molar-refractivity contribution < 1.29 is 9.53 Å². The maximum atomic E-state index is 11.8. The summed E-state index contributed by atoms with van der Waals surface area (Å²) in [7, 11) is 0. The van der Waals surface area contributed by atoms with E-state index in [9.17, 15) is 4.79 Å². The van der Waals surface area contributed by atoms with E-state index in [1.54, 1.807) is 0 Å². The minimum Gasteiger partial charge on any atom is -0.465 e. The number of nitrogens with zero attached hydrogens (tertiary/aromatic N) is 2. The smallest absolute Gasteiger partial charge is 0.306 e. The van der Waals surface area contributed by atoms with E-state index in [0.717, 1.165) is 36.2 Å². The molecule has 1 aromatic heterocycles. The van der Waals surface area contributed by atoms with Crippen molar-refractivity contribution in [1.29, 1.82) is 0 Å². The van der Waals surface area contributed by atoms with Gasteiger partial charge in [-0.05, 0) is 36.3 Å². The van der Waals surface area contributed by atoms with E-state index < -0.39 is 0 Å². The Morgan fingerprint density at radius 3 is 2.35 bits per heavy atom. The lowest BCUT2D eigenvalue weighted by Crippen LogP contribution is -2.11. The minimum atomic E-state index is -0.125. The molecule has 140 valence electrons. The molecule has 0 radical (unpaired) electrons. The number of aryl methyl sites for hydroxylation is 2. The molecule has 0 N–H and O–H groups in total. The number of rotatable bonds is 10. The van der Waals surface area contributed by atoms with E-state index in [1.807, 2.05) is 36.7 Å². The summed E-state index contributed by atoms with van der Waals surface area (Å²) in [5.74, 6) is 1.04. The number of ether oxygens (including phenoxy) is 1. The lowest BCUT2D eigenvalue weighted by atomic mass is 10.1. The van der Waals surface area contributed by atoms with Crippen LogP contribution >= 0.6 is 0 Å². The fourth-order valence-electron chi connectivity index (χ4n) is 2.51. The third kappa shape index (κ3) is 6.58. The van der Waals surface area contributed by atoms with Crippen molar-refractivity contribution in [3.63, 3.8) is 0 Å². The molecule has 1 heterocycles. The van der Waals surface area contributed by atoms with E-state index in [4.69, 9.17) is 4.74 Å². The van der Waals surface area contributed by atoms with Gasteiger partial charge < -0.3 is 4.74 Å². The third-order valence-corrected chi connectivity index (χ3v) is 4.58. The zero-order chi connectivity index (χ0) is 18.8. The van der Waals surface area contributed by atoms with Crippen molar-refractivity contribution in [2.45, 2.75) is 59.3 Å². The topological polar surface area (TPSA) is 52.1 Å². The molecule has 0 saturated heterocycles. The molecule has 0 aliphatic carbocycles. The first-order valence-corrected chi connectivity index (χ1v) is 9.68. The molecule has 0 aliphatic heterocycles. The summed E-state index contributed by atoms with van der Waals surface area (Å²) < 4.78 is 5.29. The standard InChI is InChI=1S/C22H30N2O2/c1-4-6-7-19-14-23-22(24-15-19)20-11-8-18(9-12-20)10-13-21(25)26-16-17(3)5-2/h8-9,11-12,14-15,17H,4-7,10,13,16H2,1-3H3/t17-/m1/s1. The van der Waals surface area contributed by atoms with E-state index in [1.165, 1.54) is 12.0 Å². The highest BCUT2D eigenvalue weighted by Gasteiger charge is 2.07. The van der Waals surface area contributed by atoms with Gasteiger partial charge in [0.2, 0.25) is 0 Å². The van der Waals surface area contributed by atoms with Crippen LogP contribution in [-0.2, 0) is 22.4 Å². The highest BCUT2D eigenvalue weighted by molar-refractivity contribution is 5.69. The molecule has 1 atom stereocenters. The van der Waals surface area contributed by atoms with Gasteiger partial charge in [0.05, 0.1) is 6.61 Å². The lowest BCUT2D eigenvalue weighted by molar-refractivity contribution is -0.144. The summed E-state index contributed by atoms with van der Waals surface area (Å²) in [6.07, 6.45) is 9.33. The fraction of sp³-hybridized carbons (Fsp3) is 0.500. The number of benzene rings is 1. The van der Waals surface area contributed by atoms with Crippen LogP contribution in [0.3, 0.4) is 0 Å². The largest absolute Gasteiger partial charge is 0.465 e. The van der Waals surface area contributed by atoms with Crippen LogP contribution in [-0.4, -0.2) is 22.5 Å². The normalized spacial score (nSPS) is 12.0.